The SMILES string of the molecule is O=Cc1ccc(-c2nc3cc(C4CC4)nn3cc2-c2ccccc2)cc1. The summed E-state index contributed by atoms with van der Waals surface area (Å²) in [6.45, 7) is 0. The van der Waals surface area contributed by atoms with Crippen molar-refractivity contribution in [2.75, 3.05) is 0 Å². The second-order valence-corrected chi connectivity index (χ2v) is 6.76. The molecule has 0 aliphatic heterocycles. The largest absolute Gasteiger partial charge is 0.298 e. The molecule has 0 unspecified atom stereocenters. The van der Waals surface area contributed by atoms with E-state index >= 15 is 0 Å². The van der Waals surface area contributed by atoms with E-state index in [-0.39, 0.29) is 0 Å². The molecule has 2 aromatic carbocycles. The van der Waals surface area contributed by atoms with Crippen LogP contribution in [0.5, 0.6) is 0 Å². The minimum atomic E-state index is 0.590. The van der Waals surface area contributed by atoms with Crippen molar-refractivity contribution >= 4 is 11.9 Å². The molecule has 2 heterocycles. The zero-order chi connectivity index (χ0) is 17.5. The zero-order valence-corrected chi connectivity index (χ0v) is 14.2. The van der Waals surface area contributed by atoms with Gasteiger partial charge >= 0.3 is 0 Å². The van der Waals surface area contributed by atoms with Crippen molar-refractivity contribution in [3.05, 3.63) is 78.1 Å². The molecule has 0 N–H and O–H groups in total. The fraction of sp³-hybridized carbons (Fsp3) is 0.136. The molecule has 1 aliphatic carbocycles. The summed E-state index contributed by atoms with van der Waals surface area (Å²) in [5.41, 5.74) is 6.68. The minimum absolute atomic E-state index is 0.590. The predicted molar refractivity (Wildman–Crippen MR) is 101 cm³/mol. The number of fused-ring (bicyclic) bond motifs is 1. The highest BCUT2D eigenvalue weighted by molar-refractivity contribution is 5.83. The summed E-state index contributed by atoms with van der Waals surface area (Å²) in [6.07, 6.45) is 5.36. The van der Waals surface area contributed by atoms with Crippen LogP contribution in [0.1, 0.15) is 34.8 Å². The number of benzene rings is 2. The number of carbonyl (C=O) groups is 1. The van der Waals surface area contributed by atoms with E-state index in [4.69, 9.17) is 10.1 Å². The van der Waals surface area contributed by atoms with Gasteiger partial charge < -0.3 is 0 Å². The van der Waals surface area contributed by atoms with E-state index in [0.29, 0.717) is 11.5 Å². The Kier molecular flexibility index (Phi) is 3.42. The summed E-state index contributed by atoms with van der Waals surface area (Å²) >= 11 is 0. The van der Waals surface area contributed by atoms with Gasteiger partial charge in [0.1, 0.15) is 6.29 Å². The standard InChI is InChI=1S/C22H17N3O/c26-14-15-6-8-18(9-7-15)22-19(16-4-2-1-3-5-16)13-25-21(23-22)12-20(24-25)17-10-11-17/h1-9,12-14,17H,10-11H2. The van der Waals surface area contributed by atoms with Crippen molar-refractivity contribution in [1.82, 2.24) is 14.6 Å². The van der Waals surface area contributed by atoms with Crippen molar-refractivity contribution < 1.29 is 4.79 Å². The van der Waals surface area contributed by atoms with Gasteiger partial charge in [-0.1, -0.05) is 54.6 Å². The summed E-state index contributed by atoms with van der Waals surface area (Å²) in [6, 6.07) is 19.9. The fourth-order valence-corrected chi connectivity index (χ4v) is 3.29. The molecule has 1 fully saturated rings. The van der Waals surface area contributed by atoms with Gasteiger partial charge in [-0.05, 0) is 18.4 Å². The van der Waals surface area contributed by atoms with Crippen LogP contribution in [0.2, 0.25) is 0 Å². The first-order valence-electron chi connectivity index (χ1n) is 8.83. The second kappa shape index (κ2) is 5.92. The van der Waals surface area contributed by atoms with E-state index < -0.39 is 0 Å². The molecule has 0 spiro atoms. The summed E-state index contributed by atoms with van der Waals surface area (Å²) in [5, 5.41) is 4.73. The van der Waals surface area contributed by atoms with E-state index in [9.17, 15) is 4.79 Å². The van der Waals surface area contributed by atoms with Gasteiger partial charge in [0.15, 0.2) is 5.65 Å². The Morgan fingerprint density at radius 2 is 1.73 bits per heavy atom. The molecule has 1 saturated carbocycles. The molecule has 0 radical (unpaired) electrons. The topological polar surface area (TPSA) is 47.3 Å². The summed E-state index contributed by atoms with van der Waals surface area (Å²) in [7, 11) is 0. The highest BCUT2D eigenvalue weighted by atomic mass is 16.1. The Morgan fingerprint density at radius 1 is 0.962 bits per heavy atom. The molecule has 0 amide bonds. The highest BCUT2D eigenvalue weighted by Gasteiger charge is 2.27. The summed E-state index contributed by atoms with van der Waals surface area (Å²) in [5.74, 6) is 0.590. The lowest BCUT2D eigenvalue weighted by Gasteiger charge is -2.10. The van der Waals surface area contributed by atoms with Crippen molar-refractivity contribution in [3.8, 4) is 22.4 Å². The van der Waals surface area contributed by atoms with E-state index in [1.54, 1.807) is 0 Å². The average molecular weight is 339 g/mol. The normalized spacial score (nSPS) is 13.8. The van der Waals surface area contributed by atoms with Crippen LogP contribution in [0.4, 0.5) is 0 Å². The number of nitrogens with zero attached hydrogens (tertiary/aromatic N) is 3. The van der Waals surface area contributed by atoms with Gasteiger partial charge in [-0.15, -0.1) is 0 Å². The highest BCUT2D eigenvalue weighted by Crippen LogP contribution is 2.40. The van der Waals surface area contributed by atoms with Crippen LogP contribution in [0.25, 0.3) is 28.0 Å². The molecule has 0 atom stereocenters. The van der Waals surface area contributed by atoms with Gasteiger partial charge in [0.2, 0.25) is 0 Å². The van der Waals surface area contributed by atoms with Crippen LogP contribution in [-0.4, -0.2) is 20.9 Å². The quantitative estimate of drug-likeness (QED) is 0.504. The molecular weight excluding hydrogens is 322 g/mol. The summed E-state index contributed by atoms with van der Waals surface area (Å²) < 4.78 is 1.89. The minimum Gasteiger partial charge on any atom is -0.298 e. The van der Waals surface area contributed by atoms with Gasteiger partial charge in [0, 0.05) is 34.9 Å². The van der Waals surface area contributed by atoms with Crippen LogP contribution in [0.15, 0.2) is 66.9 Å². The fourth-order valence-electron chi connectivity index (χ4n) is 3.29. The first-order chi connectivity index (χ1) is 12.8. The molecule has 26 heavy (non-hydrogen) atoms. The van der Waals surface area contributed by atoms with Gasteiger partial charge in [-0.3, -0.25) is 4.79 Å². The molecule has 126 valence electrons. The number of rotatable bonds is 4. The van der Waals surface area contributed by atoms with E-state index in [0.717, 1.165) is 40.0 Å². The maximum absolute atomic E-state index is 11.0. The third kappa shape index (κ3) is 2.60. The number of aromatic nitrogens is 3. The molecule has 1 aliphatic rings. The molecule has 0 bridgehead atoms. The number of aldehydes is 1. The van der Waals surface area contributed by atoms with Crippen LogP contribution < -0.4 is 0 Å². The van der Waals surface area contributed by atoms with Crippen molar-refractivity contribution in [2.45, 2.75) is 18.8 Å². The monoisotopic (exact) mass is 339 g/mol. The van der Waals surface area contributed by atoms with Crippen LogP contribution >= 0.6 is 0 Å². The first-order valence-corrected chi connectivity index (χ1v) is 8.83. The Balaban J connectivity index is 1.73. The molecule has 4 nitrogen and oxygen atoms in total. The van der Waals surface area contributed by atoms with Crippen molar-refractivity contribution in [3.63, 3.8) is 0 Å². The number of hydrogen-bond acceptors (Lipinski definition) is 3. The maximum atomic E-state index is 11.0. The average Bonchev–Trinajstić information content (AvgIpc) is 3.47. The van der Waals surface area contributed by atoms with Crippen molar-refractivity contribution in [1.29, 1.82) is 0 Å². The molecule has 2 aromatic heterocycles. The Morgan fingerprint density at radius 3 is 2.42 bits per heavy atom. The zero-order valence-electron chi connectivity index (χ0n) is 14.2. The van der Waals surface area contributed by atoms with Crippen LogP contribution in [-0.2, 0) is 0 Å². The summed E-state index contributed by atoms with van der Waals surface area (Å²) in [4.78, 5) is 15.9. The Bertz CT molecular complexity index is 1090. The van der Waals surface area contributed by atoms with E-state index in [2.05, 4.69) is 24.4 Å². The molecule has 4 heteroatoms. The second-order valence-electron chi connectivity index (χ2n) is 6.76. The Hall–Kier alpha value is -3.27. The lowest BCUT2D eigenvalue weighted by Crippen LogP contribution is -1.97. The predicted octanol–water partition coefficient (Wildman–Crippen LogP) is 4.75. The van der Waals surface area contributed by atoms with Gasteiger partial charge in [0.25, 0.3) is 0 Å². The van der Waals surface area contributed by atoms with Crippen molar-refractivity contribution in [2.24, 2.45) is 0 Å². The first kappa shape index (κ1) is 15.0. The van der Waals surface area contributed by atoms with Crippen LogP contribution in [0, 0.1) is 0 Å². The van der Waals surface area contributed by atoms with Gasteiger partial charge in [0.05, 0.1) is 11.4 Å². The molecular formula is C22H17N3O. The van der Waals surface area contributed by atoms with E-state index in [1.165, 1.54) is 12.8 Å². The smallest absolute Gasteiger partial charge is 0.155 e. The number of carbonyl (C=O) groups excluding carboxylic acids is 1. The third-order valence-electron chi connectivity index (χ3n) is 4.87. The third-order valence-corrected chi connectivity index (χ3v) is 4.87. The lowest BCUT2D eigenvalue weighted by molar-refractivity contribution is 0.112. The maximum Gasteiger partial charge on any atom is 0.155 e. The molecule has 0 saturated heterocycles. The molecule has 4 aromatic rings. The Labute approximate surface area is 151 Å². The molecule has 5 rings (SSSR count). The van der Waals surface area contributed by atoms with E-state index in [1.807, 2.05) is 47.0 Å². The van der Waals surface area contributed by atoms with Crippen LogP contribution in [0.3, 0.4) is 0 Å². The lowest BCUT2D eigenvalue weighted by atomic mass is 10.00. The van der Waals surface area contributed by atoms with Gasteiger partial charge in [-0.25, -0.2) is 9.50 Å². The van der Waals surface area contributed by atoms with Gasteiger partial charge in [-0.2, -0.15) is 5.10 Å². The number of hydrogen-bond donors (Lipinski definition) is 0.